The van der Waals surface area contributed by atoms with Crippen molar-refractivity contribution >= 4 is 16.9 Å². The number of nitrogens with zero attached hydrogens (tertiary/aromatic N) is 3. The quantitative estimate of drug-likeness (QED) is 0.745. The molecule has 0 atom stereocenters. The third-order valence-corrected chi connectivity index (χ3v) is 3.84. The zero-order chi connectivity index (χ0) is 15.3. The number of aromatic nitrogens is 3. The van der Waals surface area contributed by atoms with Crippen molar-refractivity contribution in [3.05, 3.63) is 46.7 Å². The fourth-order valence-corrected chi connectivity index (χ4v) is 2.70. The standard InChI is InChI=1S/C16H17FN4/c1-8-5-6-13(12(17)7-8)21-10(3)9(2)14-15(18)19-11(4)20-16(14)21/h5-7H,1-4H3,(H2,18,19,20). The lowest BCUT2D eigenvalue weighted by molar-refractivity contribution is 0.617. The number of halogens is 1. The molecule has 0 aliphatic carbocycles. The summed E-state index contributed by atoms with van der Waals surface area (Å²) in [5.74, 6) is 0.737. The van der Waals surface area contributed by atoms with Crippen molar-refractivity contribution in [2.45, 2.75) is 27.7 Å². The van der Waals surface area contributed by atoms with Gasteiger partial charge in [0, 0.05) is 5.69 Å². The summed E-state index contributed by atoms with van der Waals surface area (Å²) in [5, 5.41) is 0.790. The molecule has 0 radical (unpaired) electrons. The maximum Gasteiger partial charge on any atom is 0.150 e. The lowest BCUT2D eigenvalue weighted by Crippen LogP contribution is -2.03. The van der Waals surface area contributed by atoms with Crippen molar-refractivity contribution < 1.29 is 4.39 Å². The number of rotatable bonds is 1. The molecule has 0 amide bonds. The molecule has 0 saturated heterocycles. The lowest BCUT2D eigenvalue weighted by atomic mass is 10.2. The van der Waals surface area contributed by atoms with Crippen molar-refractivity contribution in [3.63, 3.8) is 0 Å². The van der Waals surface area contributed by atoms with E-state index in [4.69, 9.17) is 5.73 Å². The number of nitrogen functional groups attached to an aromatic ring is 1. The molecular formula is C16H17FN4. The van der Waals surface area contributed by atoms with E-state index in [1.165, 1.54) is 6.07 Å². The summed E-state index contributed by atoms with van der Waals surface area (Å²) >= 11 is 0. The second kappa shape index (κ2) is 4.55. The smallest absolute Gasteiger partial charge is 0.150 e. The van der Waals surface area contributed by atoms with Crippen molar-refractivity contribution in [2.75, 3.05) is 5.73 Å². The van der Waals surface area contributed by atoms with Gasteiger partial charge < -0.3 is 5.73 Å². The molecule has 108 valence electrons. The highest BCUT2D eigenvalue weighted by atomic mass is 19.1. The molecule has 21 heavy (non-hydrogen) atoms. The Hall–Kier alpha value is -2.43. The Kier molecular flexibility index (Phi) is 2.93. The van der Waals surface area contributed by atoms with Gasteiger partial charge in [0.05, 0.1) is 11.1 Å². The molecule has 0 unspecified atom stereocenters. The van der Waals surface area contributed by atoms with E-state index in [0.717, 1.165) is 22.2 Å². The summed E-state index contributed by atoms with van der Waals surface area (Å²) in [4.78, 5) is 8.67. The number of aryl methyl sites for hydroxylation is 3. The first-order valence-corrected chi connectivity index (χ1v) is 6.78. The van der Waals surface area contributed by atoms with Crippen molar-refractivity contribution in [2.24, 2.45) is 0 Å². The highest BCUT2D eigenvalue weighted by Crippen LogP contribution is 2.31. The van der Waals surface area contributed by atoms with E-state index in [2.05, 4.69) is 9.97 Å². The number of nitrogens with two attached hydrogens (primary N) is 1. The molecule has 1 aromatic carbocycles. The zero-order valence-electron chi connectivity index (χ0n) is 12.5. The molecule has 4 nitrogen and oxygen atoms in total. The largest absolute Gasteiger partial charge is 0.383 e. The number of hydrogen-bond donors (Lipinski definition) is 1. The minimum Gasteiger partial charge on any atom is -0.383 e. The van der Waals surface area contributed by atoms with E-state index in [0.29, 0.717) is 23.0 Å². The Labute approximate surface area is 122 Å². The normalized spacial score (nSPS) is 11.3. The predicted molar refractivity (Wildman–Crippen MR) is 82.2 cm³/mol. The molecule has 0 spiro atoms. The summed E-state index contributed by atoms with van der Waals surface area (Å²) in [6.07, 6.45) is 0. The Morgan fingerprint density at radius 2 is 1.81 bits per heavy atom. The molecular weight excluding hydrogens is 267 g/mol. The van der Waals surface area contributed by atoms with Crippen LogP contribution in [0.15, 0.2) is 18.2 Å². The van der Waals surface area contributed by atoms with Crippen LogP contribution >= 0.6 is 0 Å². The van der Waals surface area contributed by atoms with Crippen LogP contribution in [0.25, 0.3) is 16.7 Å². The number of anilines is 1. The number of hydrogen-bond acceptors (Lipinski definition) is 3. The van der Waals surface area contributed by atoms with Gasteiger partial charge in [-0.15, -0.1) is 0 Å². The Balaban J connectivity index is 2.45. The topological polar surface area (TPSA) is 56.7 Å². The Morgan fingerprint density at radius 3 is 2.48 bits per heavy atom. The summed E-state index contributed by atoms with van der Waals surface area (Å²) in [6.45, 7) is 7.53. The predicted octanol–water partition coefficient (Wildman–Crippen LogP) is 3.38. The third-order valence-electron chi connectivity index (χ3n) is 3.84. The van der Waals surface area contributed by atoms with E-state index in [1.807, 2.05) is 31.4 Å². The van der Waals surface area contributed by atoms with Crippen molar-refractivity contribution in [1.29, 1.82) is 0 Å². The molecule has 0 fully saturated rings. The summed E-state index contributed by atoms with van der Waals surface area (Å²) in [5.41, 5.74) is 9.93. The molecule has 0 aliphatic heterocycles. The molecule has 2 heterocycles. The summed E-state index contributed by atoms with van der Waals surface area (Å²) in [7, 11) is 0. The lowest BCUT2D eigenvalue weighted by Gasteiger charge is -2.10. The maximum absolute atomic E-state index is 14.4. The van der Waals surface area contributed by atoms with Crippen LogP contribution in [0, 0.1) is 33.5 Å². The minimum absolute atomic E-state index is 0.273. The molecule has 3 aromatic rings. The van der Waals surface area contributed by atoms with E-state index in [1.54, 1.807) is 13.0 Å². The molecule has 0 bridgehead atoms. The molecule has 5 heteroatoms. The van der Waals surface area contributed by atoms with Gasteiger partial charge in [0.25, 0.3) is 0 Å². The van der Waals surface area contributed by atoms with Crippen LogP contribution in [0.4, 0.5) is 10.2 Å². The Morgan fingerprint density at radius 1 is 1.10 bits per heavy atom. The first kappa shape index (κ1) is 13.5. The van der Waals surface area contributed by atoms with Crippen LogP contribution in [0.3, 0.4) is 0 Å². The van der Waals surface area contributed by atoms with Crippen molar-refractivity contribution in [1.82, 2.24) is 14.5 Å². The van der Waals surface area contributed by atoms with Crippen molar-refractivity contribution in [3.8, 4) is 5.69 Å². The first-order chi connectivity index (χ1) is 9.90. The highest BCUT2D eigenvalue weighted by molar-refractivity contribution is 5.92. The Bertz CT molecular complexity index is 865. The van der Waals surface area contributed by atoms with Gasteiger partial charge in [0.15, 0.2) is 5.65 Å². The second-order valence-corrected chi connectivity index (χ2v) is 5.36. The van der Waals surface area contributed by atoms with E-state index >= 15 is 0 Å². The second-order valence-electron chi connectivity index (χ2n) is 5.36. The van der Waals surface area contributed by atoms with Gasteiger partial charge in [-0.1, -0.05) is 6.07 Å². The molecule has 2 aromatic heterocycles. The molecule has 0 saturated carbocycles. The highest BCUT2D eigenvalue weighted by Gasteiger charge is 2.19. The van der Waals surface area contributed by atoms with Gasteiger partial charge in [-0.25, -0.2) is 14.4 Å². The molecule has 0 aliphatic rings. The fourth-order valence-electron chi connectivity index (χ4n) is 2.70. The third kappa shape index (κ3) is 1.96. The number of benzene rings is 1. The maximum atomic E-state index is 14.4. The van der Waals surface area contributed by atoms with E-state index in [9.17, 15) is 4.39 Å². The number of fused-ring (bicyclic) bond motifs is 1. The fraction of sp³-hybridized carbons (Fsp3) is 0.250. The van der Waals surface area contributed by atoms with Crippen LogP contribution in [0.2, 0.25) is 0 Å². The average molecular weight is 284 g/mol. The van der Waals surface area contributed by atoms with Gasteiger partial charge in [-0.05, 0) is 51.0 Å². The van der Waals surface area contributed by atoms with Crippen LogP contribution in [0.1, 0.15) is 22.6 Å². The SMILES string of the molecule is Cc1ccc(-n2c(C)c(C)c3c(N)nc(C)nc32)c(F)c1. The zero-order valence-corrected chi connectivity index (χ0v) is 12.5. The van der Waals surface area contributed by atoms with Crippen LogP contribution in [-0.4, -0.2) is 14.5 Å². The first-order valence-electron chi connectivity index (χ1n) is 6.78. The minimum atomic E-state index is -0.273. The van der Waals surface area contributed by atoms with E-state index in [-0.39, 0.29) is 5.82 Å². The molecule has 2 N–H and O–H groups in total. The van der Waals surface area contributed by atoms with E-state index < -0.39 is 0 Å². The van der Waals surface area contributed by atoms with Gasteiger partial charge in [0.2, 0.25) is 0 Å². The van der Waals surface area contributed by atoms with Gasteiger partial charge in [-0.3, -0.25) is 4.57 Å². The monoisotopic (exact) mass is 284 g/mol. The molecule has 3 rings (SSSR count). The van der Waals surface area contributed by atoms with Crippen LogP contribution < -0.4 is 5.73 Å². The van der Waals surface area contributed by atoms with Gasteiger partial charge in [0.1, 0.15) is 17.5 Å². The van der Waals surface area contributed by atoms with Crippen LogP contribution in [-0.2, 0) is 0 Å². The average Bonchev–Trinajstić information content (AvgIpc) is 2.63. The van der Waals surface area contributed by atoms with Crippen LogP contribution in [0.5, 0.6) is 0 Å². The van der Waals surface area contributed by atoms with Gasteiger partial charge in [-0.2, -0.15) is 0 Å². The summed E-state index contributed by atoms with van der Waals surface area (Å²) < 4.78 is 16.2. The van der Waals surface area contributed by atoms with Gasteiger partial charge >= 0.3 is 0 Å². The summed E-state index contributed by atoms with van der Waals surface area (Å²) in [6, 6.07) is 5.17.